The minimum absolute atomic E-state index is 0.190. The van der Waals surface area contributed by atoms with Crippen molar-refractivity contribution in [3.8, 4) is 36.2 Å². The number of ether oxygens (including phenoxy) is 2. The number of methoxy groups -OCH3 is 1. The van der Waals surface area contributed by atoms with Gasteiger partial charge in [0.15, 0.2) is 17.5 Å². The summed E-state index contributed by atoms with van der Waals surface area (Å²) in [5, 5.41) is 6.15. The molecule has 22 heavy (non-hydrogen) atoms. The van der Waals surface area contributed by atoms with Gasteiger partial charge in [-0.15, -0.1) is 12.8 Å². The van der Waals surface area contributed by atoms with Gasteiger partial charge in [-0.05, 0) is 24.6 Å². The molecule has 0 bridgehead atoms. The first kappa shape index (κ1) is 17.3. The van der Waals surface area contributed by atoms with Crippen LogP contribution in [0.15, 0.2) is 23.2 Å². The Hall–Kier alpha value is -2.79. The summed E-state index contributed by atoms with van der Waals surface area (Å²) in [7, 11) is 1.59. The molecule has 0 spiro atoms. The molecular weight excluding hydrogens is 278 g/mol. The number of aliphatic imine (C=N–C) groups is 1. The Kier molecular flexibility index (Phi) is 7.86. The van der Waals surface area contributed by atoms with Crippen LogP contribution in [0.3, 0.4) is 0 Å². The largest absolute Gasteiger partial charge is 0.493 e. The average Bonchev–Trinajstić information content (AvgIpc) is 2.55. The van der Waals surface area contributed by atoms with Crippen LogP contribution < -0.4 is 20.1 Å². The van der Waals surface area contributed by atoms with Crippen molar-refractivity contribution >= 4 is 5.96 Å². The maximum atomic E-state index is 5.47. The Bertz CT molecular complexity index is 583. The Morgan fingerprint density at radius 2 is 2.05 bits per heavy atom. The standard InChI is InChI=1S/C17H21N3O2/c1-5-10-19-17(18-7-3)20-13-14-8-9-15(21-4)16(12-14)22-11-6-2/h1-2,8-9,12H,7,10-11,13H2,3-4H3,(H2,18,19,20). The molecule has 0 heterocycles. The van der Waals surface area contributed by atoms with Crippen LogP contribution >= 0.6 is 0 Å². The van der Waals surface area contributed by atoms with Crippen molar-refractivity contribution in [1.82, 2.24) is 10.6 Å². The first-order chi connectivity index (χ1) is 10.7. The van der Waals surface area contributed by atoms with Crippen LogP contribution in [0.1, 0.15) is 12.5 Å². The van der Waals surface area contributed by atoms with Crippen molar-refractivity contribution in [3.63, 3.8) is 0 Å². The lowest BCUT2D eigenvalue weighted by Crippen LogP contribution is -2.37. The van der Waals surface area contributed by atoms with Crippen LogP contribution in [-0.4, -0.2) is 32.8 Å². The van der Waals surface area contributed by atoms with E-state index >= 15 is 0 Å². The summed E-state index contributed by atoms with van der Waals surface area (Å²) in [6.07, 6.45) is 10.5. The highest BCUT2D eigenvalue weighted by molar-refractivity contribution is 5.80. The molecule has 0 radical (unpaired) electrons. The maximum absolute atomic E-state index is 5.47. The normalized spacial score (nSPS) is 10.3. The molecule has 5 heteroatoms. The molecule has 0 atom stereocenters. The van der Waals surface area contributed by atoms with E-state index in [-0.39, 0.29) is 6.61 Å². The van der Waals surface area contributed by atoms with Crippen LogP contribution in [0.4, 0.5) is 0 Å². The number of benzene rings is 1. The zero-order valence-corrected chi connectivity index (χ0v) is 13.0. The average molecular weight is 299 g/mol. The molecule has 0 aliphatic carbocycles. The molecule has 1 aromatic carbocycles. The molecule has 0 aliphatic rings. The summed E-state index contributed by atoms with van der Waals surface area (Å²) >= 11 is 0. The fourth-order valence-corrected chi connectivity index (χ4v) is 1.70. The van der Waals surface area contributed by atoms with Crippen LogP contribution in [0.2, 0.25) is 0 Å². The van der Waals surface area contributed by atoms with Gasteiger partial charge in [-0.1, -0.05) is 17.9 Å². The van der Waals surface area contributed by atoms with Gasteiger partial charge in [-0.2, -0.15) is 0 Å². The molecule has 0 saturated carbocycles. The molecule has 0 amide bonds. The smallest absolute Gasteiger partial charge is 0.192 e. The second kappa shape index (κ2) is 10.0. The molecule has 0 fully saturated rings. The molecule has 0 unspecified atom stereocenters. The number of nitrogens with zero attached hydrogens (tertiary/aromatic N) is 1. The van der Waals surface area contributed by atoms with E-state index in [1.807, 2.05) is 25.1 Å². The second-order valence-corrected chi connectivity index (χ2v) is 4.23. The van der Waals surface area contributed by atoms with Gasteiger partial charge in [0.1, 0.15) is 6.61 Å². The molecule has 116 valence electrons. The summed E-state index contributed by atoms with van der Waals surface area (Å²) in [6.45, 7) is 3.85. The fourth-order valence-electron chi connectivity index (χ4n) is 1.70. The lowest BCUT2D eigenvalue weighted by molar-refractivity contribution is 0.330. The third kappa shape index (κ3) is 5.68. The highest BCUT2D eigenvalue weighted by Gasteiger charge is 2.05. The Morgan fingerprint density at radius 1 is 1.23 bits per heavy atom. The number of hydrogen-bond donors (Lipinski definition) is 2. The van der Waals surface area contributed by atoms with E-state index in [0.717, 1.165) is 12.1 Å². The molecule has 1 rings (SSSR count). The van der Waals surface area contributed by atoms with Gasteiger partial charge in [0.2, 0.25) is 0 Å². The van der Waals surface area contributed by atoms with Crippen LogP contribution in [0.5, 0.6) is 11.5 Å². The van der Waals surface area contributed by atoms with Gasteiger partial charge < -0.3 is 20.1 Å². The molecule has 1 aromatic rings. The highest BCUT2D eigenvalue weighted by Crippen LogP contribution is 2.28. The van der Waals surface area contributed by atoms with Crippen LogP contribution in [0, 0.1) is 24.7 Å². The highest BCUT2D eigenvalue weighted by atomic mass is 16.5. The van der Waals surface area contributed by atoms with E-state index in [9.17, 15) is 0 Å². The number of guanidine groups is 1. The third-order valence-electron chi connectivity index (χ3n) is 2.66. The summed E-state index contributed by atoms with van der Waals surface area (Å²) in [5.74, 6) is 6.86. The Balaban J connectivity index is 2.83. The lowest BCUT2D eigenvalue weighted by Gasteiger charge is -2.11. The molecule has 0 aromatic heterocycles. The van der Waals surface area contributed by atoms with Crippen molar-refractivity contribution < 1.29 is 9.47 Å². The molecule has 5 nitrogen and oxygen atoms in total. The van der Waals surface area contributed by atoms with Gasteiger partial charge in [0, 0.05) is 6.54 Å². The number of terminal acetylenes is 2. The van der Waals surface area contributed by atoms with Crippen LogP contribution in [-0.2, 0) is 6.54 Å². The predicted octanol–water partition coefficient (Wildman–Crippen LogP) is 1.40. The van der Waals surface area contributed by atoms with Crippen LogP contribution in [0.25, 0.3) is 0 Å². The van der Waals surface area contributed by atoms with E-state index in [4.69, 9.17) is 22.3 Å². The van der Waals surface area contributed by atoms with E-state index in [1.165, 1.54) is 0 Å². The Labute approximate surface area is 132 Å². The molecule has 2 N–H and O–H groups in total. The fraction of sp³-hybridized carbons (Fsp3) is 0.353. The summed E-state index contributed by atoms with van der Waals surface area (Å²) in [4.78, 5) is 4.46. The van der Waals surface area contributed by atoms with E-state index in [1.54, 1.807) is 7.11 Å². The van der Waals surface area contributed by atoms with E-state index in [0.29, 0.717) is 30.5 Å². The zero-order valence-electron chi connectivity index (χ0n) is 13.0. The minimum atomic E-state index is 0.190. The predicted molar refractivity (Wildman–Crippen MR) is 89.0 cm³/mol. The van der Waals surface area contributed by atoms with Gasteiger partial charge in [0.05, 0.1) is 20.2 Å². The van der Waals surface area contributed by atoms with Gasteiger partial charge >= 0.3 is 0 Å². The first-order valence-electron chi connectivity index (χ1n) is 6.94. The zero-order chi connectivity index (χ0) is 16.2. The van der Waals surface area contributed by atoms with Gasteiger partial charge in [-0.3, -0.25) is 0 Å². The number of nitrogens with one attached hydrogen (secondary N) is 2. The van der Waals surface area contributed by atoms with E-state index < -0.39 is 0 Å². The molecular formula is C17H21N3O2. The second-order valence-electron chi connectivity index (χ2n) is 4.23. The summed E-state index contributed by atoms with van der Waals surface area (Å²) in [6, 6.07) is 5.62. The minimum Gasteiger partial charge on any atom is -0.493 e. The van der Waals surface area contributed by atoms with Crippen molar-refractivity contribution in [2.45, 2.75) is 13.5 Å². The summed E-state index contributed by atoms with van der Waals surface area (Å²) in [5.41, 5.74) is 0.978. The number of hydrogen-bond acceptors (Lipinski definition) is 3. The molecule has 0 aliphatic heterocycles. The molecule has 0 saturated heterocycles. The van der Waals surface area contributed by atoms with Crippen molar-refractivity contribution in [1.29, 1.82) is 0 Å². The topological polar surface area (TPSA) is 54.9 Å². The van der Waals surface area contributed by atoms with Gasteiger partial charge in [0.25, 0.3) is 0 Å². The SMILES string of the molecule is C#CCNC(=NCc1ccc(OC)c(OCC#C)c1)NCC. The number of rotatable bonds is 7. The maximum Gasteiger partial charge on any atom is 0.192 e. The van der Waals surface area contributed by atoms with Crippen molar-refractivity contribution in [2.75, 3.05) is 26.8 Å². The lowest BCUT2D eigenvalue weighted by atomic mass is 10.2. The third-order valence-corrected chi connectivity index (χ3v) is 2.66. The van der Waals surface area contributed by atoms with Crippen molar-refractivity contribution in [2.24, 2.45) is 4.99 Å². The first-order valence-corrected chi connectivity index (χ1v) is 6.94. The van der Waals surface area contributed by atoms with E-state index in [2.05, 4.69) is 27.5 Å². The Morgan fingerprint density at radius 3 is 2.68 bits per heavy atom. The monoisotopic (exact) mass is 299 g/mol. The van der Waals surface area contributed by atoms with Crippen molar-refractivity contribution in [3.05, 3.63) is 23.8 Å². The van der Waals surface area contributed by atoms with Gasteiger partial charge in [-0.25, -0.2) is 4.99 Å². The quantitative estimate of drug-likeness (QED) is 0.454. The summed E-state index contributed by atoms with van der Waals surface area (Å²) < 4.78 is 10.7.